The van der Waals surface area contributed by atoms with Gasteiger partial charge in [-0.15, -0.1) is 46.3 Å². The molecule has 2 aliphatic heterocycles. The lowest BCUT2D eigenvalue weighted by Gasteiger charge is -2.35. The van der Waals surface area contributed by atoms with Crippen molar-refractivity contribution in [2.75, 3.05) is 42.5 Å². The van der Waals surface area contributed by atoms with E-state index in [9.17, 15) is 0 Å². The molecule has 1 saturated heterocycles. The number of para-hydroxylation sites is 1. The zero-order chi connectivity index (χ0) is 17.3. The summed E-state index contributed by atoms with van der Waals surface area (Å²) in [5.74, 6) is 1.89. The number of rotatable bonds is 3. The Kier molecular flexibility index (Phi) is 6.77. The Balaban J connectivity index is 0.00000112. The molecule has 7 nitrogen and oxygen atoms in total. The van der Waals surface area contributed by atoms with Gasteiger partial charge < -0.3 is 19.7 Å². The van der Waals surface area contributed by atoms with Gasteiger partial charge in [-0.1, -0.05) is 18.2 Å². The lowest BCUT2D eigenvalue weighted by molar-refractivity contribution is 0.508. The fourth-order valence-electron chi connectivity index (χ4n) is 3.59. The molecule has 0 aliphatic carbocycles. The van der Waals surface area contributed by atoms with Gasteiger partial charge in [-0.2, -0.15) is 0 Å². The molecule has 3 aromatic rings. The van der Waals surface area contributed by atoms with Crippen molar-refractivity contribution >= 4 is 47.0 Å². The van der Waals surface area contributed by atoms with Crippen LogP contribution in [0.5, 0.6) is 0 Å². The molecule has 1 N–H and O–H groups in total. The lowest BCUT2D eigenvalue weighted by Crippen LogP contribution is -2.46. The van der Waals surface area contributed by atoms with Gasteiger partial charge in [0.05, 0.1) is 6.54 Å². The van der Waals surface area contributed by atoms with E-state index in [0.29, 0.717) is 0 Å². The van der Waals surface area contributed by atoms with Gasteiger partial charge in [0.2, 0.25) is 0 Å². The number of piperazine rings is 1. The minimum Gasteiger partial charge on any atom is -0.368 e. The maximum Gasteiger partial charge on any atom is 0.186 e. The molecule has 0 bridgehead atoms. The highest BCUT2D eigenvalue weighted by atomic mass is 35.5. The monoisotopic (exact) mass is 439 g/mol. The third kappa shape index (κ3) is 3.96. The molecular weight excluding hydrogens is 417 g/mol. The minimum absolute atomic E-state index is 0. The van der Waals surface area contributed by atoms with Crippen LogP contribution < -0.4 is 15.1 Å². The summed E-state index contributed by atoms with van der Waals surface area (Å²) in [6.07, 6.45) is 0. The fourth-order valence-corrected chi connectivity index (χ4v) is 4.45. The van der Waals surface area contributed by atoms with Crippen LogP contribution in [0.3, 0.4) is 0 Å². The molecule has 2 aliphatic rings. The minimum atomic E-state index is 0. The smallest absolute Gasteiger partial charge is 0.186 e. The van der Waals surface area contributed by atoms with Gasteiger partial charge in [0.25, 0.3) is 0 Å². The number of halogens is 2. The summed E-state index contributed by atoms with van der Waals surface area (Å²) < 4.78 is 2.18. The van der Waals surface area contributed by atoms with Crippen LogP contribution in [-0.4, -0.2) is 52.5 Å². The maximum absolute atomic E-state index is 4.86. The molecule has 4 heterocycles. The highest BCUT2D eigenvalue weighted by Gasteiger charge is 2.22. The Morgan fingerprint density at radius 1 is 0.893 bits per heavy atom. The maximum atomic E-state index is 4.86. The number of hydrogen-bond acceptors (Lipinski definition) is 7. The van der Waals surface area contributed by atoms with Crippen LogP contribution in [-0.2, 0) is 13.1 Å². The molecule has 0 amide bonds. The van der Waals surface area contributed by atoms with E-state index < -0.39 is 0 Å². The number of aromatic nitrogens is 4. The Bertz CT molecular complexity index is 890. The molecule has 0 spiro atoms. The van der Waals surface area contributed by atoms with Crippen molar-refractivity contribution in [3.05, 3.63) is 41.5 Å². The summed E-state index contributed by atoms with van der Waals surface area (Å²) in [6.45, 7) is 6.66. The van der Waals surface area contributed by atoms with Gasteiger partial charge in [-0.05, 0) is 12.1 Å². The molecule has 28 heavy (non-hydrogen) atoms. The van der Waals surface area contributed by atoms with E-state index in [2.05, 4.69) is 65.6 Å². The van der Waals surface area contributed by atoms with E-state index in [4.69, 9.17) is 4.98 Å². The largest absolute Gasteiger partial charge is 0.368 e. The SMILES string of the molecule is Cl.Cl.c1ccc(N2CCN(c3nc(-c4nnc5n4CCNC5)cs3)CC2)cc1. The van der Waals surface area contributed by atoms with Crippen LogP contribution >= 0.6 is 36.2 Å². The Morgan fingerprint density at radius 3 is 2.43 bits per heavy atom. The summed E-state index contributed by atoms with van der Waals surface area (Å²) in [5, 5.41) is 15.2. The van der Waals surface area contributed by atoms with Crippen LogP contribution in [0.2, 0.25) is 0 Å². The van der Waals surface area contributed by atoms with E-state index in [-0.39, 0.29) is 24.8 Å². The Labute approximate surface area is 180 Å². The number of anilines is 2. The second kappa shape index (κ2) is 9.09. The molecule has 2 aromatic heterocycles. The second-order valence-corrected chi connectivity index (χ2v) is 7.43. The molecular formula is C18H23Cl2N7S. The van der Waals surface area contributed by atoms with Gasteiger partial charge in [0, 0.05) is 50.3 Å². The first-order valence-corrected chi connectivity index (χ1v) is 9.90. The first-order valence-electron chi connectivity index (χ1n) is 9.02. The number of fused-ring (bicyclic) bond motifs is 1. The highest BCUT2D eigenvalue weighted by Crippen LogP contribution is 2.28. The van der Waals surface area contributed by atoms with Gasteiger partial charge in [0.1, 0.15) is 11.5 Å². The van der Waals surface area contributed by atoms with Crippen LogP contribution in [0.15, 0.2) is 35.7 Å². The standard InChI is InChI=1S/C18H21N7S.2ClH/c1-2-4-14(5-3-1)23-8-10-24(11-9-23)18-20-15(13-26-18)17-22-21-16-12-19-6-7-25(16)17;;/h1-5,13,19H,6-12H2;2*1H. The summed E-state index contributed by atoms with van der Waals surface area (Å²) in [4.78, 5) is 9.68. The van der Waals surface area contributed by atoms with Crippen molar-refractivity contribution in [3.63, 3.8) is 0 Å². The Morgan fingerprint density at radius 2 is 1.64 bits per heavy atom. The van der Waals surface area contributed by atoms with E-state index in [0.717, 1.165) is 68.3 Å². The third-order valence-electron chi connectivity index (χ3n) is 5.02. The van der Waals surface area contributed by atoms with Gasteiger partial charge in [-0.25, -0.2) is 4.98 Å². The third-order valence-corrected chi connectivity index (χ3v) is 5.92. The summed E-state index contributed by atoms with van der Waals surface area (Å²) in [7, 11) is 0. The zero-order valence-corrected chi connectivity index (χ0v) is 17.8. The van der Waals surface area contributed by atoms with Crippen molar-refractivity contribution in [2.45, 2.75) is 13.1 Å². The van der Waals surface area contributed by atoms with E-state index in [1.165, 1.54) is 5.69 Å². The molecule has 150 valence electrons. The predicted octanol–water partition coefficient (Wildman–Crippen LogP) is 2.68. The van der Waals surface area contributed by atoms with Crippen LogP contribution in [0.1, 0.15) is 5.82 Å². The lowest BCUT2D eigenvalue weighted by atomic mass is 10.2. The molecule has 10 heteroatoms. The number of nitrogens with one attached hydrogen (secondary N) is 1. The topological polar surface area (TPSA) is 62.1 Å². The normalized spacial score (nSPS) is 16.1. The van der Waals surface area contributed by atoms with Crippen molar-refractivity contribution in [2.24, 2.45) is 0 Å². The summed E-state index contributed by atoms with van der Waals surface area (Å²) in [6, 6.07) is 10.6. The molecule has 0 radical (unpaired) electrons. The van der Waals surface area contributed by atoms with Gasteiger partial charge in [0.15, 0.2) is 11.0 Å². The van der Waals surface area contributed by atoms with Crippen molar-refractivity contribution < 1.29 is 0 Å². The average Bonchev–Trinajstić information content (AvgIpc) is 3.36. The molecule has 0 unspecified atom stereocenters. The van der Waals surface area contributed by atoms with Crippen molar-refractivity contribution in [1.82, 2.24) is 25.1 Å². The number of hydrogen-bond donors (Lipinski definition) is 1. The van der Waals surface area contributed by atoms with Crippen LogP contribution in [0.25, 0.3) is 11.5 Å². The van der Waals surface area contributed by atoms with E-state index in [1.807, 2.05) is 0 Å². The quantitative estimate of drug-likeness (QED) is 0.676. The van der Waals surface area contributed by atoms with E-state index in [1.54, 1.807) is 11.3 Å². The average molecular weight is 440 g/mol. The van der Waals surface area contributed by atoms with Crippen LogP contribution in [0, 0.1) is 0 Å². The van der Waals surface area contributed by atoms with Crippen molar-refractivity contribution in [3.8, 4) is 11.5 Å². The molecule has 0 atom stereocenters. The van der Waals surface area contributed by atoms with Crippen LogP contribution in [0.4, 0.5) is 10.8 Å². The van der Waals surface area contributed by atoms with Crippen molar-refractivity contribution in [1.29, 1.82) is 0 Å². The first kappa shape index (κ1) is 20.9. The zero-order valence-electron chi connectivity index (χ0n) is 15.3. The fraction of sp³-hybridized carbons (Fsp3) is 0.389. The summed E-state index contributed by atoms with van der Waals surface area (Å²) in [5.41, 5.74) is 2.24. The second-order valence-electron chi connectivity index (χ2n) is 6.59. The predicted molar refractivity (Wildman–Crippen MR) is 118 cm³/mol. The molecule has 0 saturated carbocycles. The van der Waals surface area contributed by atoms with E-state index >= 15 is 0 Å². The molecule has 1 aromatic carbocycles. The summed E-state index contributed by atoms with van der Waals surface area (Å²) >= 11 is 1.70. The highest BCUT2D eigenvalue weighted by molar-refractivity contribution is 7.14. The van der Waals surface area contributed by atoms with Gasteiger partial charge in [-0.3, -0.25) is 0 Å². The number of nitrogens with zero attached hydrogens (tertiary/aromatic N) is 6. The van der Waals surface area contributed by atoms with Gasteiger partial charge >= 0.3 is 0 Å². The molecule has 1 fully saturated rings. The molecule has 5 rings (SSSR count). The Hall–Kier alpha value is -1.87. The number of thiazole rings is 1. The first-order chi connectivity index (χ1) is 12.9. The number of benzene rings is 1.